The van der Waals surface area contributed by atoms with E-state index in [1.165, 1.54) is 0 Å². The van der Waals surface area contributed by atoms with Gasteiger partial charge in [-0.3, -0.25) is 0 Å². The van der Waals surface area contributed by atoms with Crippen LogP contribution in [0.25, 0.3) is 10.8 Å². The van der Waals surface area contributed by atoms with E-state index >= 15 is 0 Å². The second-order valence-electron chi connectivity index (χ2n) is 5.97. The Hall–Kier alpha value is -1.81. The van der Waals surface area contributed by atoms with Gasteiger partial charge in [0.15, 0.2) is 0 Å². The van der Waals surface area contributed by atoms with Crippen LogP contribution in [0.3, 0.4) is 0 Å². The maximum absolute atomic E-state index is 9.63. The number of nitrogens with two attached hydrogens (primary N) is 1. The Labute approximate surface area is 120 Å². The molecule has 4 N–H and O–H groups in total. The van der Waals surface area contributed by atoms with Gasteiger partial charge >= 0.3 is 0 Å². The molecule has 0 spiro atoms. The van der Waals surface area contributed by atoms with Gasteiger partial charge in [0.25, 0.3) is 0 Å². The van der Waals surface area contributed by atoms with Gasteiger partial charge in [-0.05, 0) is 48.4 Å². The highest BCUT2D eigenvalue weighted by Crippen LogP contribution is 2.27. The number of anilines is 1. The molecule has 0 radical (unpaired) electrons. The molecule has 4 nitrogen and oxygen atoms in total. The quantitative estimate of drug-likeness (QED) is 0.756. The fourth-order valence-electron chi connectivity index (χ4n) is 2.29. The van der Waals surface area contributed by atoms with E-state index in [0.29, 0.717) is 0 Å². The molecule has 0 aliphatic carbocycles. The number of phenols is 1. The molecular formula is C16H23N3O. The van der Waals surface area contributed by atoms with Crippen molar-refractivity contribution < 1.29 is 5.11 Å². The lowest BCUT2D eigenvalue weighted by Crippen LogP contribution is -2.24. The number of nitrogens with one attached hydrogen (secondary N) is 1. The van der Waals surface area contributed by atoms with Crippen LogP contribution in [-0.2, 0) is 0 Å². The van der Waals surface area contributed by atoms with Gasteiger partial charge in [-0.15, -0.1) is 0 Å². The predicted octanol–water partition coefficient (Wildman–Crippen LogP) is 3.12. The molecule has 20 heavy (non-hydrogen) atoms. The molecule has 0 fully saturated rings. The molecule has 2 aromatic rings. The van der Waals surface area contributed by atoms with Crippen LogP contribution >= 0.6 is 0 Å². The van der Waals surface area contributed by atoms with Crippen molar-refractivity contribution in [2.45, 2.75) is 26.7 Å². The van der Waals surface area contributed by atoms with Crippen molar-refractivity contribution in [2.75, 3.05) is 18.4 Å². The smallest absolute Gasteiger partial charge is 0.133 e. The fourth-order valence-corrected chi connectivity index (χ4v) is 2.29. The number of benzene rings is 1. The predicted molar refractivity (Wildman–Crippen MR) is 84.0 cm³/mol. The second-order valence-corrected chi connectivity index (χ2v) is 5.97. The minimum absolute atomic E-state index is 0.167. The molecule has 108 valence electrons. The highest BCUT2D eigenvalue weighted by Gasteiger charge is 2.17. The number of pyridine rings is 1. The average molecular weight is 273 g/mol. The summed E-state index contributed by atoms with van der Waals surface area (Å²) >= 11 is 0. The van der Waals surface area contributed by atoms with Gasteiger partial charge in [0.1, 0.15) is 11.6 Å². The molecular weight excluding hydrogens is 250 g/mol. The third kappa shape index (κ3) is 3.61. The first-order chi connectivity index (χ1) is 9.52. The van der Waals surface area contributed by atoms with E-state index in [2.05, 4.69) is 24.1 Å². The van der Waals surface area contributed by atoms with Gasteiger partial charge in [0, 0.05) is 18.1 Å². The molecule has 0 unspecified atom stereocenters. The van der Waals surface area contributed by atoms with Gasteiger partial charge in [-0.25, -0.2) is 4.98 Å². The lowest BCUT2D eigenvalue weighted by atomic mass is 9.88. The standard InChI is InChI=1S/C16H23N3O/c1-16(2,7-3-8-17)11-19-15-14-10-13(20)5-4-12(14)6-9-18-15/h4-6,9-10,20H,3,7-8,11,17H2,1-2H3,(H,18,19). The van der Waals surface area contributed by atoms with Crippen LogP contribution in [0.1, 0.15) is 26.7 Å². The topological polar surface area (TPSA) is 71.2 Å². The zero-order valence-corrected chi connectivity index (χ0v) is 12.2. The second kappa shape index (κ2) is 6.09. The van der Waals surface area contributed by atoms with Gasteiger partial charge in [0.2, 0.25) is 0 Å². The van der Waals surface area contributed by atoms with E-state index in [1.807, 2.05) is 12.1 Å². The first-order valence-electron chi connectivity index (χ1n) is 7.03. The molecule has 1 aromatic heterocycles. The summed E-state index contributed by atoms with van der Waals surface area (Å²) in [6, 6.07) is 7.28. The fraction of sp³-hybridized carbons (Fsp3) is 0.438. The number of aromatic hydroxyl groups is 1. The van der Waals surface area contributed by atoms with Gasteiger partial charge in [-0.1, -0.05) is 19.9 Å². The largest absolute Gasteiger partial charge is 0.508 e. The van der Waals surface area contributed by atoms with Crippen LogP contribution in [0.5, 0.6) is 5.75 Å². The van der Waals surface area contributed by atoms with Crippen molar-refractivity contribution >= 4 is 16.6 Å². The summed E-state index contributed by atoms with van der Waals surface area (Å²) in [7, 11) is 0. The SMILES string of the molecule is CC(C)(CCCN)CNc1nccc2ccc(O)cc12. The van der Waals surface area contributed by atoms with E-state index in [0.717, 1.165) is 42.5 Å². The highest BCUT2D eigenvalue weighted by molar-refractivity contribution is 5.92. The van der Waals surface area contributed by atoms with Crippen LogP contribution in [0.15, 0.2) is 30.5 Å². The molecule has 1 heterocycles. The maximum atomic E-state index is 9.63. The highest BCUT2D eigenvalue weighted by atomic mass is 16.3. The minimum Gasteiger partial charge on any atom is -0.508 e. The summed E-state index contributed by atoms with van der Waals surface area (Å²) in [6.45, 7) is 6.00. The van der Waals surface area contributed by atoms with Crippen LogP contribution in [-0.4, -0.2) is 23.2 Å². The van der Waals surface area contributed by atoms with Crippen molar-refractivity contribution in [3.05, 3.63) is 30.5 Å². The van der Waals surface area contributed by atoms with Crippen molar-refractivity contribution in [1.29, 1.82) is 0 Å². The molecule has 2 rings (SSSR count). The van der Waals surface area contributed by atoms with Crippen LogP contribution < -0.4 is 11.1 Å². The van der Waals surface area contributed by atoms with Crippen molar-refractivity contribution in [2.24, 2.45) is 11.1 Å². The average Bonchev–Trinajstić information content (AvgIpc) is 2.43. The number of fused-ring (bicyclic) bond motifs is 1. The summed E-state index contributed by atoms with van der Waals surface area (Å²) in [5.74, 6) is 1.08. The lowest BCUT2D eigenvalue weighted by molar-refractivity contribution is 0.350. The number of rotatable bonds is 6. The monoisotopic (exact) mass is 273 g/mol. The molecule has 0 atom stereocenters. The maximum Gasteiger partial charge on any atom is 0.133 e. The number of hydrogen-bond acceptors (Lipinski definition) is 4. The van der Waals surface area contributed by atoms with Gasteiger partial charge in [0.05, 0.1) is 0 Å². The summed E-state index contributed by atoms with van der Waals surface area (Å²) in [5.41, 5.74) is 5.74. The zero-order chi connectivity index (χ0) is 14.6. The minimum atomic E-state index is 0.167. The molecule has 0 aliphatic rings. The third-order valence-corrected chi connectivity index (χ3v) is 3.54. The van der Waals surface area contributed by atoms with Gasteiger partial charge in [-0.2, -0.15) is 0 Å². The first-order valence-corrected chi connectivity index (χ1v) is 7.03. The Balaban J connectivity index is 2.15. The first kappa shape index (κ1) is 14.6. The van der Waals surface area contributed by atoms with Crippen molar-refractivity contribution in [3.8, 4) is 5.75 Å². The Morgan fingerprint density at radius 2 is 2.10 bits per heavy atom. The zero-order valence-electron chi connectivity index (χ0n) is 12.2. The van der Waals surface area contributed by atoms with Crippen LogP contribution in [0.2, 0.25) is 0 Å². The third-order valence-electron chi connectivity index (χ3n) is 3.54. The molecule has 0 amide bonds. The summed E-state index contributed by atoms with van der Waals surface area (Å²) in [4.78, 5) is 4.38. The van der Waals surface area contributed by atoms with E-state index < -0.39 is 0 Å². The van der Waals surface area contributed by atoms with Crippen LogP contribution in [0.4, 0.5) is 5.82 Å². The van der Waals surface area contributed by atoms with E-state index in [1.54, 1.807) is 18.3 Å². The van der Waals surface area contributed by atoms with Crippen molar-refractivity contribution in [3.63, 3.8) is 0 Å². The van der Waals surface area contributed by atoms with E-state index in [-0.39, 0.29) is 11.2 Å². The van der Waals surface area contributed by atoms with E-state index in [4.69, 9.17) is 5.73 Å². The Morgan fingerprint density at radius 3 is 2.85 bits per heavy atom. The number of nitrogens with zero attached hydrogens (tertiary/aromatic N) is 1. The normalized spacial score (nSPS) is 11.8. The number of hydrogen-bond donors (Lipinski definition) is 3. The Bertz CT molecular complexity index is 581. The molecule has 0 bridgehead atoms. The lowest BCUT2D eigenvalue weighted by Gasteiger charge is -2.25. The van der Waals surface area contributed by atoms with Crippen molar-refractivity contribution in [1.82, 2.24) is 4.98 Å². The summed E-state index contributed by atoms with van der Waals surface area (Å²) in [5, 5.41) is 15.0. The Morgan fingerprint density at radius 1 is 1.30 bits per heavy atom. The Kier molecular flexibility index (Phi) is 4.45. The molecule has 0 saturated heterocycles. The molecule has 0 aliphatic heterocycles. The molecule has 0 saturated carbocycles. The number of phenolic OH excluding ortho intramolecular Hbond substituents is 1. The van der Waals surface area contributed by atoms with E-state index in [9.17, 15) is 5.11 Å². The molecule has 4 heteroatoms. The number of aromatic nitrogens is 1. The summed E-state index contributed by atoms with van der Waals surface area (Å²) in [6.07, 6.45) is 3.89. The van der Waals surface area contributed by atoms with Gasteiger partial charge < -0.3 is 16.2 Å². The summed E-state index contributed by atoms with van der Waals surface area (Å²) < 4.78 is 0. The van der Waals surface area contributed by atoms with Crippen LogP contribution in [0, 0.1) is 5.41 Å². The molecule has 1 aromatic carbocycles.